The zero-order chi connectivity index (χ0) is 19.4. The Hall–Kier alpha value is -2.61. The van der Waals surface area contributed by atoms with Crippen molar-refractivity contribution in [3.05, 3.63) is 71.4 Å². The van der Waals surface area contributed by atoms with E-state index in [9.17, 15) is 8.78 Å². The molecule has 0 aliphatic carbocycles. The van der Waals surface area contributed by atoms with Gasteiger partial charge in [-0.15, -0.1) is 0 Å². The highest BCUT2D eigenvalue weighted by atomic mass is 32.2. The summed E-state index contributed by atoms with van der Waals surface area (Å²) in [7, 11) is 0. The molecule has 2 heterocycles. The van der Waals surface area contributed by atoms with Crippen LogP contribution >= 0.6 is 11.8 Å². The maximum atomic E-state index is 13.6. The van der Waals surface area contributed by atoms with E-state index in [1.807, 2.05) is 36.6 Å². The standard InChI is InChI=1S/C19H19F2N5S/c1-12(2)18-19(27-16-8-13(20)7-14(21)9-16)26(17(25-18)10-24-22)11-15-5-3-4-6-23-15/h3-9,12,22H,10-11H2,1-2H3. The van der Waals surface area contributed by atoms with Crippen molar-refractivity contribution in [2.75, 3.05) is 0 Å². The zero-order valence-electron chi connectivity index (χ0n) is 15.0. The molecule has 1 N–H and O–H groups in total. The Morgan fingerprint density at radius 2 is 1.93 bits per heavy atom. The number of nitrogens with zero attached hydrogens (tertiary/aromatic N) is 4. The zero-order valence-corrected chi connectivity index (χ0v) is 15.8. The largest absolute Gasteiger partial charge is 0.315 e. The molecular weight excluding hydrogens is 368 g/mol. The highest BCUT2D eigenvalue weighted by molar-refractivity contribution is 7.99. The van der Waals surface area contributed by atoms with Crippen LogP contribution in [0.25, 0.3) is 0 Å². The quantitative estimate of drug-likeness (QED) is 0.551. The predicted molar refractivity (Wildman–Crippen MR) is 99.0 cm³/mol. The summed E-state index contributed by atoms with van der Waals surface area (Å²) in [5.74, 6) is -0.527. The molecule has 0 atom stereocenters. The van der Waals surface area contributed by atoms with Crippen LogP contribution < -0.4 is 0 Å². The van der Waals surface area contributed by atoms with E-state index in [4.69, 9.17) is 5.53 Å². The van der Waals surface area contributed by atoms with E-state index in [0.717, 1.165) is 22.5 Å². The maximum Gasteiger partial charge on any atom is 0.133 e. The number of benzene rings is 1. The molecule has 0 amide bonds. The van der Waals surface area contributed by atoms with Gasteiger partial charge in [-0.05, 0) is 30.2 Å². The number of aromatic nitrogens is 3. The summed E-state index contributed by atoms with van der Waals surface area (Å²) in [5.41, 5.74) is 8.86. The molecule has 8 heteroatoms. The number of pyridine rings is 1. The topological polar surface area (TPSA) is 66.9 Å². The summed E-state index contributed by atoms with van der Waals surface area (Å²) in [6, 6.07) is 9.07. The molecule has 140 valence electrons. The lowest BCUT2D eigenvalue weighted by molar-refractivity contribution is 0.577. The first-order valence-corrected chi connectivity index (χ1v) is 9.26. The monoisotopic (exact) mass is 387 g/mol. The van der Waals surface area contributed by atoms with Crippen LogP contribution in [-0.4, -0.2) is 14.5 Å². The second kappa shape index (κ2) is 8.39. The molecule has 1 aromatic carbocycles. The van der Waals surface area contributed by atoms with E-state index in [2.05, 4.69) is 15.1 Å². The van der Waals surface area contributed by atoms with Gasteiger partial charge in [0.2, 0.25) is 0 Å². The van der Waals surface area contributed by atoms with Crippen LogP contribution in [0.3, 0.4) is 0 Å². The Morgan fingerprint density at radius 3 is 2.52 bits per heavy atom. The summed E-state index contributed by atoms with van der Waals surface area (Å²) in [5, 5.41) is 4.25. The molecule has 0 unspecified atom stereocenters. The van der Waals surface area contributed by atoms with E-state index in [-0.39, 0.29) is 12.5 Å². The van der Waals surface area contributed by atoms with E-state index in [1.54, 1.807) is 6.20 Å². The number of imidazole rings is 1. The Morgan fingerprint density at radius 1 is 1.19 bits per heavy atom. The summed E-state index contributed by atoms with van der Waals surface area (Å²) in [4.78, 5) is 9.45. The third-order valence-corrected chi connectivity index (χ3v) is 4.98. The minimum absolute atomic E-state index is 0.0976. The van der Waals surface area contributed by atoms with Gasteiger partial charge in [-0.1, -0.05) is 31.7 Å². The van der Waals surface area contributed by atoms with Gasteiger partial charge in [0, 0.05) is 17.2 Å². The minimum atomic E-state index is -0.624. The van der Waals surface area contributed by atoms with E-state index >= 15 is 0 Å². The van der Waals surface area contributed by atoms with Crippen molar-refractivity contribution in [2.24, 2.45) is 5.11 Å². The van der Waals surface area contributed by atoms with Crippen LogP contribution in [0.2, 0.25) is 0 Å². The summed E-state index contributed by atoms with van der Waals surface area (Å²) >= 11 is 1.25. The number of halogens is 2. The summed E-state index contributed by atoms with van der Waals surface area (Å²) in [6.45, 7) is 4.58. The lowest BCUT2D eigenvalue weighted by Crippen LogP contribution is -2.07. The highest BCUT2D eigenvalue weighted by Crippen LogP contribution is 2.36. The Balaban J connectivity index is 2.09. The van der Waals surface area contributed by atoms with Crippen molar-refractivity contribution in [3.8, 4) is 0 Å². The molecule has 0 fully saturated rings. The second-order valence-electron chi connectivity index (χ2n) is 6.30. The minimum Gasteiger partial charge on any atom is -0.315 e. The van der Waals surface area contributed by atoms with E-state index in [1.165, 1.54) is 23.9 Å². The van der Waals surface area contributed by atoms with Crippen molar-refractivity contribution in [1.29, 1.82) is 5.53 Å². The Kier molecular flexibility index (Phi) is 5.95. The summed E-state index contributed by atoms with van der Waals surface area (Å²) in [6.07, 6.45) is 1.71. The van der Waals surface area contributed by atoms with Crippen LogP contribution in [0.1, 0.15) is 37.0 Å². The van der Waals surface area contributed by atoms with Gasteiger partial charge in [0.1, 0.15) is 29.0 Å². The molecule has 0 saturated carbocycles. The van der Waals surface area contributed by atoms with Crippen LogP contribution in [-0.2, 0) is 13.1 Å². The Labute approximate surface area is 160 Å². The fourth-order valence-corrected chi connectivity index (χ4v) is 3.93. The molecule has 0 radical (unpaired) electrons. The van der Waals surface area contributed by atoms with E-state index < -0.39 is 11.6 Å². The first-order chi connectivity index (χ1) is 13.0. The van der Waals surface area contributed by atoms with Crippen LogP contribution in [0.4, 0.5) is 8.78 Å². The van der Waals surface area contributed by atoms with Crippen molar-refractivity contribution in [3.63, 3.8) is 0 Å². The number of hydrogen-bond acceptors (Lipinski definition) is 5. The molecule has 0 spiro atoms. The molecule has 27 heavy (non-hydrogen) atoms. The van der Waals surface area contributed by atoms with Gasteiger partial charge in [0.15, 0.2) is 0 Å². The van der Waals surface area contributed by atoms with Gasteiger partial charge < -0.3 is 4.57 Å². The molecule has 3 rings (SSSR count). The first-order valence-electron chi connectivity index (χ1n) is 8.44. The lowest BCUT2D eigenvalue weighted by Gasteiger charge is -2.13. The predicted octanol–water partition coefficient (Wildman–Crippen LogP) is 5.41. The Bertz CT molecular complexity index is 921. The molecule has 0 aliphatic heterocycles. The van der Waals surface area contributed by atoms with Gasteiger partial charge in [-0.25, -0.2) is 19.3 Å². The van der Waals surface area contributed by atoms with Gasteiger partial charge in [0.25, 0.3) is 0 Å². The first kappa shape index (κ1) is 19.2. The normalized spacial score (nSPS) is 11.1. The SMILES string of the molecule is CC(C)c1nc(CN=N)n(Cc2ccccn2)c1Sc1cc(F)cc(F)c1. The molecule has 0 saturated heterocycles. The third-order valence-electron chi connectivity index (χ3n) is 3.89. The van der Waals surface area contributed by atoms with Gasteiger partial charge in [-0.3, -0.25) is 4.98 Å². The van der Waals surface area contributed by atoms with Crippen molar-refractivity contribution in [2.45, 2.75) is 42.8 Å². The highest BCUT2D eigenvalue weighted by Gasteiger charge is 2.21. The fourth-order valence-electron chi connectivity index (χ4n) is 2.69. The lowest BCUT2D eigenvalue weighted by atomic mass is 10.1. The molecule has 0 aliphatic rings. The molecular formula is C19H19F2N5S. The molecule has 5 nitrogen and oxygen atoms in total. The van der Waals surface area contributed by atoms with Gasteiger partial charge >= 0.3 is 0 Å². The molecule has 3 aromatic rings. The second-order valence-corrected chi connectivity index (χ2v) is 7.37. The number of nitrogens with one attached hydrogen (secondary N) is 1. The number of hydrogen-bond donors (Lipinski definition) is 1. The van der Waals surface area contributed by atoms with Crippen molar-refractivity contribution < 1.29 is 8.78 Å². The maximum absolute atomic E-state index is 13.6. The number of rotatable bonds is 7. The molecule has 0 bridgehead atoms. The fraction of sp³-hybridized carbons (Fsp3) is 0.263. The van der Waals surface area contributed by atoms with E-state index in [0.29, 0.717) is 17.3 Å². The average Bonchev–Trinajstić information content (AvgIpc) is 2.93. The van der Waals surface area contributed by atoms with Crippen molar-refractivity contribution in [1.82, 2.24) is 14.5 Å². The van der Waals surface area contributed by atoms with Crippen molar-refractivity contribution >= 4 is 11.8 Å². The van der Waals surface area contributed by atoms with Crippen LogP contribution in [0.15, 0.2) is 57.6 Å². The van der Waals surface area contributed by atoms with Crippen LogP contribution in [0, 0.1) is 17.2 Å². The summed E-state index contributed by atoms with van der Waals surface area (Å²) < 4.78 is 29.2. The third kappa shape index (κ3) is 4.57. The molecule has 2 aromatic heterocycles. The smallest absolute Gasteiger partial charge is 0.133 e. The van der Waals surface area contributed by atoms with Crippen LogP contribution in [0.5, 0.6) is 0 Å². The van der Waals surface area contributed by atoms with Gasteiger partial charge in [0.05, 0.1) is 17.9 Å². The average molecular weight is 387 g/mol. The van der Waals surface area contributed by atoms with Gasteiger partial charge in [-0.2, -0.15) is 5.11 Å².